The molecule has 0 saturated carbocycles. The van der Waals surface area contributed by atoms with E-state index in [1.54, 1.807) is 18.3 Å². The van der Waals surface area contributed by atoms with Gasteiger partial charge in [-0.15, -0.1) is 0 Å². The van der Waals surface area contributed by atoms with Gasteiger partial charge in [0.1, 0.15) is 0 Å². The van der Waals surface area contributed by atoms with Crippen LogP contribution in [0.15, 0.2) is 47.6 Å². The van der Waals surface area contributed by atoms with Gasteiger partial charge in [0, 0.05) is 23.8 Å². The Balaban J connectivity index is 1.99. The smallest absolute Gasteiger partial charge is 0.272 e. The van der Waals surface area contributed by atoms with E-state index in [0.717, 1.165) is 24.3 Å². The van der Waals surface area contributed by atoms with Crippen molar-refractivity contribution in [1.29, 1.82) is 0 Å². The molecule has 0 bridgehead atoms. The van der Waals surface area contributed by atoms with Gasteiger partial charge in [-0.2, -0.15) is 5.10 Å². The highest BCUT2D eigenvalue weighted by Gasteiger charge is 2.09. The fraction of sp³-hybridized carbons (Fsp3) is 0.222. The van der Waals surface area contributed by atoms with Gasteiger partial charge in [-0.1, -0.05) is 35.3 Å². The standard InChI is InChI=1S/C18H19Cl2N3O/c1-3-23(4-2)15-8-5-13(6-9-15)12-21-22-18(24)16-10-7-14(19)11-17(16)20/h5-12H,3-4H2,1-2H3,(H,22,24)/b21-12+. The van der Waals surface area contributed by atoms with Gasteiger partial charge in [0.05, 0.1) is 16.8 Å². The molecule has 0 aliphatic carbocycles. The van der Waals surface area contributed by atoms with Crippen molar-refractivity contribution < 1.29 is 4.79 Å². The lowest BCUT2D eigenvalue weighted by atomic mass is 10.2. The summed E-state index contributed by atoms with van der Waals surface area (Å²) in [6, 6.07) is 12.7. The number of carbonyl (C=O) groups is 1. The molecular weight excluding hydrogens is 345 g/mol. The third kappa shape index (κ3) is 4.73. The topological polar surface area (TPSA) is 44.7 Å². The highest BCUT2D eigenvalue weighted by molar-refractivity contribution is 6.36. The van der Waals surface area contributed by atoms with E-state index in [0.29, 0.717) is 15.6 Å². The summed E-state index contributed by atoms with van der Waals surface area (Å²) in [5.41, 5.74) is 4.85. The predicted molar refractivity (Wildman–Crippen MR) is 102 cm³/mol. The van der Waals surface area contributed by atoms with Crippen molar-refractivity contribution in [2.75, 3.05) is 18.0 Å². The minimum absolute atomic E-state index is 0.291. The van der Waals surface area contributed by atoms with Crippen molar-refractivity contribution in [3.8, 4) is 0 Å². The first kappa shape index (κ1) is 18.3. The van der Waals surface area contributed by atoms with E-state index in [1.165, 1.54) is 6.07 Å². The van der Waals surface area contributed by atoms with E-state index in [-0.39, 0.29) is 5.91 Å². The van der Waals surface area contributed by atoms with Crippen LogP contribution in [0.5, 0.6) is 0 Å². The average molecular weight is 364 g/mol. The summed E-state index contributed by atoms with van der Waals surface area (Å²) in [7, 11) is 0. The number of benzene rings is 2. The zero-order valence-electron chi connectivity index (χ0n) is 13.6. The zero-order valence-corrected chi connectivity index (χ0v) is 15.1. The molecule has 126 valence electrons. The number of carbonyl (C=O) groups excluding carboxylic acids is 1. The third-order valence-electron chi connectivity index (χ3n) is 3.58. The molecule has 4 nitrogen and oxygen atoms in total. The number of amides is 1. The minimum atomic E-state index is -0.382. The third-order valence-corrected chi connectivity index (χ3v) is 4.12. The van der Waals surface area contributed by atoms with E-state index < -0.39 is 0 Å². The Bertz CT molecular complexity index is 726. The van der Waals surface area contributed by atoms with E-state index in [2.05, 4.69) is 29.3 Å². The molecule has 1 N–H and O–H groups in total. The molecule has 0 aromatic heterocycles. The molecule has 0 saturated heterocycles. The average Bonchev–Trinajstić information content (AvgIpc) is 2.57. The van der Waals surface area contributed by atoms with Gasteiger partial charge in [0.15, 0.2) is 0 Å². The summed E-state index contributed by atoms with van der Waals surface area (Å²) in [4.78, 5) is 14.3. The van der Waals surface area contributed by atoms with Crippen LogP contribution >= 0.6 is 23.2 Å². The highest BCUT2D eigenvalue weighted by atomic mass is 35.5. The summed E-state index contributed by atoms with van der Waals surface area (Å²) in [5.74, 6) is -0.382. The van der Waals surface area contributed by atoms with Gasteiger partial charge in [0.25, 0.3) is 5.91 Å². The van der Waals surface area contributed by atoms with Crippen molar-refractivity contribution in [2.24, 2.45) is 5.10 Å². The van der Waals surface area contributed by atoms with Crippen LogP contribution in [0.1, 0.15) is 29.8 Å². The second-order valence-corrected chi connectivity index (χ2v) is 5.93. The van der Waals surface area contributed by atoms with Gasteiger partial charge in [0.2, 0.25) is 0 Å². The second-order valence-electron chi connectivity index (χ2n) is 5.09. The van der Waals surface area contributed by atoms with E-state index in [9.17, 15) is 4.79 Å². The van der Waals surface area contributed by atoms with Crippen LogP contribution in [0, 0.1) is 0 Å². The Morgan fingerprint density at radius 2 is 1.79 bits per heavy atom. The molecule has 1 amide bonds. The lowest BCUT2D eigenvalue weighted by molar-refractivity contribution is 0.0955. The fourth-order valence-corrected chi connectivity index (χ4v) is 2.75. The van der Waals surface area contributed by atoms with E-state index in [4.69, 9.17) is 23.2 Å². The van der Waals surface area contributed by atoms with Crippen LogP contribution in [0.2, 0.25) is 10.0 Å². The number of hydrazone groups is 1. The van der Waals surface area contributed by atoms with Gasteiger partial charge in [-0.05, 0) is 49.7 Å². The van der Waals surface area contributed by atoms with Gasteiger partial charge in [-0.25, -0.2) is 5.43 Å². The first-order valence-electron chi connectivity index (χ1n) is 7.68. The van der Waals surface area contributed by atoms with Crippen molar-refractivity contribution >= 4 is 41.0 Å². The predicted octanol–water partition coefficient (Wildman–Crippen LogP) is 4.60. The van der Waals surface area contributed by atoms with Gasteiger partial charge >= 0.3 is 0 Å². The molecule has 0 spiro atoms. The first-order valence-corrected chi connectivity index (χ1v) is 8.44. The molecule has 0 aliphatic rings. The van der Waals surface area contributed by atoms with Crippen LogP contribution in [-0.2, 0) is 0 Å². The second kappa shape index (κ2) is 8.71. The molecule has 2 aromatic rings. The number of anilines is 1. The molecule has 0 atom stereocenters. The van der Waals surface area contributed by atoms with Crippen molar-refractivity contribution in [1.82, 2.24) is 5.43 Å². The summed E-state index contributed by atoms with van der Waals surface area (Å²) in [6.45, 7) is 6.16. The zero-order chi connectivity index (χ0) is 17.5. The van der Waals surface area contributed by atoms with Gasteiger partial charge < -0.3 is 4.90 Å². The number of halogens is 2. The van der Waals surface area contributed by atoms with Crippen molar-refractivity contribution in [3.05, 3.63) is 63.6 Å². The normalized spacial score (nSPS) is 10.8. The number of hydrogen-bond donors (Lipinski definition) is 1. The minimum Gasteiger partial charge on any atom is -0.372 e. The Hall–Kier alpha value is -2.04. The molecule has 0 unspecified atom stereocenters. The number of nitrogens with one attached hydrogen (secondary N) is 1. The summed E-state index contributed by atoms with van der Waals surface area (Å²) in [5, 5.41) is 4.74. The van der Waals surface area contributed by atoms with Gasteiger partial charge in [-0.3, -0.25) is 4.79 Å². The molecule has 2 rings (SSSR count). The monoisotopic (exact) mass is 363 g/mol. The fourth-order valence-electron chi connectivity index (χ4n) is 2.26. The lowest BCUT2D eigenvalue weighted by Gasteiger charge is -2.20. The van der Waals surface area contributed by atoms with Crippen molar-refractivity contribution in [3.63, 3.8) is 0 Å². The van der Waals surface area contributed by atoms with Crippen LogP contribution in [0.4, 0.5) is 5.69 Å². The SMILES string of the molecule is CCN(CC)c1ccc(/C=N/NC(=O)c2ccc(Cl)cc2Cl)cc1. The lowest BCUT2D eigenvalue weighted by Crippen LogP contribution is -2.21. The molecule has 0 heterocycles. The highest BCUT2D eigenvalue weighted by Crippen LogP contribution is 2.20. The maximum Gasteiger partial charge on any atom is 0.272 e. The molecular formula is C18H19Cl2N3O. The Kier molecular flexibility index (Phi) is 6.64. The number of rotatable bonds is 6. The summed E-state index contributed by atoms with van der Waals surface area (Å²) in [6.07, 6.45) is 1.59. The molecule has 0 radical (unpaired) electrons. The van der Waals surface area contributed by atoms with E-state index in [1.807, 2.05) is 24.3 Å². The maximum atomic E-state index is 12.0. The van der Waals surface area contributed by atoms with Crippen LogP contribution in [0.25, 0.3) is 0 Å². The maximum absolute atomic E-state index is 12.0. The van der Waals surface area contributed by atoms with Crippen molar-refractivity contribution in [2.45, 2.75) is 13.8 Å². The Morgan fingerprint density at radius 3 is 2.38 bits per heavy atom. The van der Waals surface area contributed by atoms with E-state index >= 15 is 0 Å². The quantitative estimate of drug-likeness (QED) is 0.601. The van der Waals surface area contributed by atoms with Crippen LogP contribution in [0.3, 0.4) is 0 Å². The Morgan fingerprint density at radius 1 is 1.12 bits per heavy atom. The molecule has 24 heavy (non-hydrogen) atoms. The summed E-state index contributed by atoms with van der Waals surface area (Å²) < 4.78 is 0. The summed E-state index contributed by atoms with van der Waals surface area (Å²) >= 11 is 11.8. The van der Waals surface area contributed by atoms with Crippen LogP contribution < -0.4 is 10.3 Å². The number of nitrogens with zero attached hydrogens (tertiary/aromatic N) is 2. The largest absolute Gasteiger partial charge is 0.372 e. The first-order chi connectivity index (χ1) is 11.5. The number of hydrogen-bond acceptors (Lipinski definition) is 3. The molecule has 2 aromatic carbocycles. The molecule has 6 heteroatoms. The Labute approximate surface area is 152 Å². The van der Waals surface area contributed by atoms with Crippen LogP contribution in [-0.4, -0.2) is 25.2 Å². The molecule has 0 aliphatic heterocycles. The molecule has 0 fully saturated rings.